The van der Waals surface area contributed by atoms with Gasteiger partial charge in [0.05, 0.1) is 0 Å². The van der Waals surface area contributed by atoms with Crippen LogP contribution in [0.1, 0.15) is 33.6 Å². The monoisotopic (exact) mass is 311 g/mol. The van der Waals surface area contributed by atoms with Crippen molar-refractivity contribution in [3.8, 4) is 0 Å². The Balaban J connectivity index is 0. The molecule has 0 aromatic carbocycles. The third-order valence-electron chi connectivity index (χ3n) is 2.53. The summed E-state index contributed by atoms with van der Waals surface area (Å²) in [5, 5.41) is 50.9. The fourth-order valence-electron chi connectivity index (χ4n) is 1.30. The molecule has 0 aliphatic rings. The van der Waals surface area contributed by atoms with Crippen molar-refractivity contribution in [2.45, 2.75) is 58.3 Å². The zero-order valence-corrected chi connectivity index (χ0v) is 12.4. The second kappa shape index (κ2) is 11.4. The van der Waals surface area contributed by atoms with Gasteiger partial charge in [0.15, 0.2) is 12.2 Å². The van der Waals surface area contributed by atoms with Crippen LogP contribution >= 0.6 is 0 Å². The summed E-state index contributed by atoms with van der Waals surface area (Å²) < 4.78 is 0. The van der Waals surface area contributed by atoms with Gasteiger partial charge in [0, 0.05) is 6.54 Å². The minimum absolute atomic E-state index is 0.554. The highest BCUT2D eigenvalue weighted by Crippen LogP contribution is 2.03. The molecule has 9 nitrogen and oxygen atoms in total. The van der Waals surface area contributed by atoms with Crippen LogP contribution in [0.3, 0.4) is 0 Å². The molecule has 0 rings (SSSR count). The second-order valence-electron chi connectivity index (χ2n) is 4.42. The molecule has 126 valence electrons. The Kier molecular flexibility index (Phi) is 12.0. The number of aliphatic carboxylic acids is 2. The van der Waals surface area contributed by atoms with E-state index in [2.05, 4.69) is 6.92 Å². The number of carbonyl (C=O) groups is 2. The van der Waals surface area contributed by atoms with Crippen molar-refractivity contribution < 1.29 is 40.2 Å². The van der Waals surface area contributed by atoms with Gasteiger partial charge >= 0.3 is 11.9 Å². The molecule has 0 saturated carbocycles. The third kappa shape index (κ3) is 10.2. The maximum atomic E-state index is 9.77. The largest absolute Gasteiger partial charge is 0.479 e. The molecule has 4 atom stereocenters. The van der Waals surface area contributed by atoms with Gasteiger partial charge in [-0.05, 0) is 20.3 Å². The molecule has 0 bridgehead atoms. The lowest BCUT2D eigenvalue weighted by Gasteiger charge is -2.27. The van der Waals surface area contributed by atoms with Crippen LogP contribution in [0.5, 0.6) is 0 Å². The number of hydrogen-bond donors (Lipinski definition) is 6. The molecule has 4 unspecified atom stereocenters. The molecule has 0 saturated heterocycles. The Hall–Kier alpha value is -1.26. The van der Waals surface area contributed by atoms with Gasteiger partial charge in [-0.2, -0.15) is 0 Å². The highest BCUT2D eigenvalue weighted by Gasteiger charge is 2.29. The minimum Gasteiger partial charge on any atom is -0.479 e. The molecule has 0 heterocycles. The lowest BCUT2D eigenvalue weighted by atomic mass is 10.2. The zero-order valence-electron chi connectivity index (χ0n) is 12.4. The Labute approximate surface area is 123 Å². The lowest BCUT2D eigenvalue weighted by molar-refractivity contribution is -0.165. The molecular weight excluding hydrogens is 286 g/mol. The van der Waals surface area contributed by atoms with E-state index in [1.807, 2.05) is 0 Å². The summed E-state index contributed by atoms with van der Waals surface area (Å²) in [5.41, 5.74) is 0. The number of hydrogen-bond acceptors (Lipinski definition) is 7. The Morgan fingerprint density at radius 1 is 0.905 bits per heavy atom. The van der Waals surface area contributed by atoms with Crippen LogP contribution in [-0.4, -0.2) is 78.7 Å². The van der Waals surface area contributed by atoms with Gasteiger partial charge in [-0.1, -0.05) is 13.3 Å². The van der Waals surface area contributed by atoms with E-state index in [4.69, 9.17) is 20.4 Å². The maximum absolute atomic E-state index is 9.77. The van der Waals surface area contributed by atoms with Gasteiger partial charge in [-0.15, -0.1) is 0 Å². The Morgan fingerprint density at radius 2 is 1.24 bits per heavy atom. The fraction of sp³-hybridized carbons (Fsp3) is 0.833. The molecule has 0 aliphatic heterocycles. The first kappa shape index (κ1) is 22.0. The molecule has 0 aromatic rings. The van der Waals surface area contributed by atoms with Crippen molar-refractivity contribution in [1.82, 2.24) is 4.90 Å². The average Bonchev–Trinajstić information content (AvgIpc) is 2.37. The van der Waals surface area contributed by atoms with Crippen LogP contribution in [0.2, 0.25) is 0 Å². The summed E-state index contributed by atoms with van der Waals surface area (Å²) in [5.74, 6) is -3.54. The topological polar surface area (TPSA) is 159 Å². The number of carboxylic acids is 2. The van der Waals surface area contributed by atoms with Gasteiger partial charge < -0.3 is 30.6 Å². The normalized spacial score (nSPS) is 16.4. The molecule has 9 heteroatoms. The predicted molar refractivity (Wildman–Crippen MR) is 72.3 cm³/mol. The second-order valence-corrected chi connectivity index (χ2v) is 4.42. The molecule has 0 aliphatic carbocycles. The molecule has 21 heavy (non-hydrogen) atoms. The van der Waals surface area contributed by atoms with Crippen molar-refractivity contribution in [3.05, 3.63) is 0 Å². The molecule has 0 amide bonds. The average molecular weight is 311 g/mol. The first-order chi connectivity index (χ1) is 9.56. The number of rotatable bonds is 8. The molecule has 0 radical (unpaired) electrons. The quantitative estimate of drug-likeness (QED) is 0.298. The molecule has 0 aromatic heterocycles. The predicted octanol–water partition coefficient (Wildman–Crippen LogP) is -1.36. The van der Waals surface area contributed by atoms with Crippen molar-refractivity contribution in [3.63, 3.8) is 0 Å². The van der Waals surface area contributed by atoms with E-state index in [0.717, 1.165) is 19.4 Å². The van der Waals surface area contributed by atoms with Gasteiger partial charge in [-0.3, -0.25) is 4.90 Å². The van der Waals surface area contributed by atoms with E-state index in [1.165, 1.54) is 0 Å². The van der Waals surface area contributed by atoms with Crippen LogP contribution in [0.15, 0.2) is 0 Å². The summed E-state index contributed by atoms with van der Waals surface area (Å²) in [4.78, 5) is 21.2. The van der Waals surface area contributed by atoms with Crippen LogP contribution in [0.25, 0.3) is 0 Å². The molecule has 0 spiro atoms. The number of unbranched alkanes of at least 4 members (excludes halogenated alkanes) is 1. The summed E-state index contributed by atoms with van der Waals surface area (Å²) in [6.07, 6.45) is -3.55. The number of aliphatic hydroxyl groups is 4. The highest BCUT2D eigenvalue weighted by atomic mass is 16.4. The minimum atomic E-state index is -2.27. The van der Waals surface area contributed by atoms with Crippen molar-refractivity contribution in [1.29, 1.82) is 0 Å². The van der Waals surface area contributed by atoms with Crippen molar-refractivity contribution in [2.24, 2.45) is 0 Å². The van der Waals surface area contributed by atoms with Gasteiger partial charge in [-0.25, -0.2) is 9.59 Å². The SMILES string of the molecule is CCCCN(C(C)O)C(C)O.O=C(O)C(O)C(O)C(=O)O. The van der Waals surface area contributed by atoms with E-state index >= 15 is 0 Å². The van der Waals surface area contributed by atoms with Gasteiger partial charge in [0.1, 0.15) is 12.5 Å². The first-order valence-corrected chi connectivity index (χ1v) is 6.49. The van der Waals surface area contributed by atoms with Crippen molar-refractivity contribution in [2.75, 3.05) is 6.54 Å². The van der Waals surface area contributed by atoms with Crippen LogP contribution in [-0.2, 0) is 9.59 Å². The maximum Gasteiger partial charge on any atom is 0.335 e. The van der Waals surface area contributed by atoms with Crippen LogP contribution in [0.4, 0.5) is 0 Å². The highest BCUT2D eigenvalue weighted by molar-refractivity contribution is 5.83. The fourth-order valence-corrected chi connectivity index (χ4v) is 1.30. The zero-order chi connectivity index (χ0) is 17.2. The van der Waals surface area contributed by atoms with E-state index in [0.29, 0.717) is 0 Å². The Morgan fingerprint density at radius 3 is 1.43 bits per heavy atom. The van der Waals surface area contributed by atoms with E-state index in [1.54, 1.807) is 18.7 Å². The number of nitrogens with zero attached hydrogens (tertiary/aromatic N) is 1. The van der Waals surface area contributed by atoms with Crippen molar-refractivity contribution >= 4 is 11.9 Å². The molecular formula is C12H25NO8. The van der Waals surface area contributed by atoms with E-state index in [-0.39, 0.29) is 0 Å². The smallest absolute Gasteiger partial charge is 0.335 e. The number of aliphatic hydroxyl groups excluding tert-OH is 4. The molecule has 6 N–H and O–H groups in total. The molecule has 0 fully saturated rings. The van der Waals surface area contributed by atoms with E-state index < -0.39 is 36.6 Å². The van der Waals surface area contributed by atoms with Crippen LogP contribution in [0, 0.1) is 0 Å². The van der Waals surface area contributed by atoms with Crippen LogP contribution < -0.4 is 0 Å². The standard InChI is InChI=1S/C8H19NO2.C4H6O6/c1-4-5-6-9(7(2)10)8(3)11;5-1(3(7)8)2(6)4(9)10/h7-8,10-11H,4-6H2,1-3H3;1-2,5-6H,(H,7,8)(H,9,10). The summed E-state index contributed by atoms with van der Waals surface area (Å²) in [6.45, 7) is 6.18. The summed E-state index contributed by atoms with van der Waals surface area (Å²) in [7, 11) is 0. The summed E-state index contributed by atoms with van der Waals surface area (Å²) in [6, 6.07) is 0. The third-order valence-corrected chi connectivity index (χ3v) is 2.53. The van der Waals surface area contributed by atoms with Gasteiger partial charge in [0.25, 0.3) is 0 Å². The Bertz CT molecular complexity index is 282. The first-order valence-electron chi connectivity index (χ1n) is 6.49. The number of carboxylic acid groups (broad SMARTS) is 2. The summed E-state index contributed by atoms with van der Waals surface area (Å²) >= 11 is 0. The lowest BCUT2D eigenvalue weighted by Crippen LogP contribution is -2.40. The van der Waals surface area contributed by atoms with Gasteiger partial charge in [0.2, 0.25) is 0 Å². The van der Waals surface area contributed by atoms with E-state index in [9.17, 15) is 19.8 Å².